The molecule has 3 aromatic rings. The van der Waals surface area contributed by atoms with E-state index in [2.05, 4.69) is 10.1 Å². The van der Waals surface area contributed by atoms with Crippen LogP contribution in [0.5, 0.6) is 0 Å². The van der Waals surface area contributed by atoms with Crippen molar-refractivity contribution in [2.24, 2.45) is 5.14 Å². The first kappa shape index (κ1) is 20.6. The van der Waals surface area contributed by atoms with Gasteiger partial charge in [0.15, 0.2) is 0 Å². The number of hydrogen-bond acceptors (Lipinski definition) is 5. The summed E-state index contributed by atoms with van der Waals surface area (Å²) in [6, 6.07) is 11.3. The van der Waals surface area contributed by atoms with Gasteiger partial charge in [-0.05, 0) is 55.8 Å². The lowest BCUT2D eigenvalue weighted by Gasteiger charge is -2.24. The molecule has 0 aliphatic rings. The Morgan fingerprint density at radius 1 is 1.14 bits per heavy atom. The van der Waals surface area contributed by atoms with E-state index in [1.807, 2.05) is 0 Å². The first-order chi connectivity index (χ1) is 13.6. The number of benzene rings is 2. The molecule has 2 N–H and O–H groups in total. The summed E-state index contributed by atoms with van der Waals surface area (Å²) in [5, 5.41) is 9.36. The van der Waals surface area contributed by atoms with E-state index in [0.717, 1.165) is 5.56 Å². The fourth-order valence-electron chi connectivity index (χ4n) is 2.80. The highest BCUT2D eigenvalue weighted by molar-refractivity contribution is 7.89. The van der Waals surface area contributed by atoms with Gasteiger partial charge >= 0.3 is 0 Å². The molecule has 8 nitrogen and oxygen atoms in total. The molecule has 0 fully saturated rings. The summed E-state index contributed by atoms with van der Waals surface area (Å²) in [7, 11) is -2.18. The van der Waals surface area contributed by atoms with Crippen LogP contribution in [0.25, 0.3) is 5.69 Å². The maximum Gasteiger partial charge on any atom is 0.293 e. The highest BCUT2D eigenvalue weighted by Gasteiger charge is 2.24. The molecule has 152 valence electrons. The average Bonchev–Trinajstić information content (AvgIpc) is 3.08. The zero-order valence-corrected chi connectivity index (χ0v) is 16.9. The lowest BCUT2D eigenvalue weighted by Crippen LogP contribution is -2.30. The summed E-state index contributed by atoms with van der Waals surface area (Å²) in [6.07, 6.45) is 0. The van der Waals surface area contributed by atoms with Crippen molar-refractivity contribution < 1.29 is 17.6 Å². The molecule has 0 saturated heterocycles. The lowest BCUT2D eigenvalue weighted by atomic mass is 10.1. The third kappa shape index (κ3) is 4.33. The number of rotatable bonds is 5. The van der Waals surface area contributed by atoms with Gasteiger partial charge in [-0.1, -0.05) is 12.1 Å². The number of sulfonamides is 1. The largest absolute Gasteiger partial charge is 0.332 e. The smallest absolute Gasteiger partial charge is 0.293 e. The fraction of sp³-hybridized carbons (Fsp3) is 0.211. The summed E-state index contributed by atoms with van der Waals surface area (Å²) < 4.78 is 37.4. The zero-order chi connectivity index (χ0) is 21.3. The number of primary sulfonamides is 1. The number of carbonyl (C=O) groups excluding carboxylic acids is 1. The molecule has 1 heterocycles. The van der Waals surface area contributed by atoms with Gasteiger partial charge < -0.3 is 4.90 Å². The van der Waals surface area contributed by atoms with E-state index in [1.165, 1.54) is 33.8 Å². The van der Waals surface area contributed by atoms with Gasteiger partial charge in [-0.3, -0.25) is 4.79 Å². The third-order valence-electron chi connectivity index (χ3n) is 4.62. The summed E-state index contributed by atoms with van der Waals surface area (Å²) in [5.74, 6) is -0.289. The predicted octanol–water partition coefficient (Wildman–Crippen LogP) is 2.20. The molecule has 0 spiro atoms. The molecule has 0 aliphatic heterocycles. The van der Waals surface area contributed by atoms with Crippen LogP contribution in [0.3, 0.4) is 0 Å². The summed E-state index contributed by atoms with van der Waals surface area (Å²) in [5.41, 5.74) is 1.31. The van der Waals surface area contributed by atoms with Gasteiger partial charge in [0.05, 0.1) is 16.6 Å². The lowest BCUT2D eigenvalue weighted by molar-refractivity contribution is 0.0730. The summed E-state index contributed by atoms with van der Waals surface area (Å²) in [6.45, 7) is 3.50. The van der Waals surface area contributed by atoms with Crippen molar-refractivity contribution in [3.63, 3.8) is 0 Å². The topological polar surface area (TPSA) is 111 Å². The van der Waals surface area contributed by atoms with Gasteiger partial charge in [-0.25, -0.2) is 27.6 Å². The molecule has 1 amide bonds. The van der Waals surface area contributed by atoms with Crippen LogP contribution in [0.1, 0.15) is 35.0 Å². The molecule has 10 heteroatoms. The zero-order valence-electron chi connectivity index (χ0n) is 16.1. The Morgan fingerprint density at radius 3 is 2.28 bits per heavy atom. The fourth-order valence-corrected chi connectivity index (χ4v) is 3.32. The van der Waals surface area contributed by atoms with Crippen molar-refractivity contribution in [3.05, 3.63) is 71.6 Å². The van der Waals surface area contributed by atoms with Crippen molar-refractivity contribution in [2.45, 2.75) is 24.8 Å². The van der Waals surface area contributed by atoms with Gasteiger partial charge in [0, 0.05) is 7.05 Å². The Hall–Kier alpha value is -3.11. The number of halogens is 1. The van der Waals surface area contributed by atoms with Crippen molar-refractivity contribution in [1.82, 2.24) is 19.7 Å². The molecule has 1 aromatic heterocycles. The van der Waals surface area contributed by atoms with Crippen LogP contribution in [-0.2, 0) is 10.0 Å². The minimum Gasteiger partial charge on any atom is -0.332 e. The van der Waals surface area contributed by atoms with Crippen molar-refractivity contribution >= 4 is 15.9 Å². The highest BCUT2D eigenvalue weighted by Crippen LogP contribution is 2.22. The first-order valence-corrected chi connectivity index (χ1v) is 10.2. The summed E-state index contributed by atoms with van der Waals surface area (Å²) in [4.78, 5) is 18.5. The predicted molar refractivity (Wildman–Crippen MR) is 104 cm³/mol. The van der Waals surface area contributed by atoms with Crippen LogP contribution in [0, 0.1) is 12.7 Å². The quantitative estimate of drug-likeness (QED) is 0.684. The van der Waals surface area contributed by atoms with E-state index < -0.39 is 15.9 Å². The van der Waals surface area contributed by atoms with Gasteiger partial charge in [0.25, 0.3) is 5.91 Å². The van der Waals surface area contributed by atoms with Gasteiger partial charge in [-0.15, -0.1) is 5.10 Å². The number of nitrogens with zero attached hydrogens (tertiary/aromatic N) is 4. The molecule has 0 bridgehead atoms. The van der Waals surface area contributed by atoms with E-state index >= 15 is 0 Å². The molecule has 0 radical (unpaired) electrons. The molecule has 1 atom stereocenters. The SMILES string of the molecule is Cc1nc(C(=O)N(C)[C@@H](C)c2ccc(S(N)(=O)=O)cc2)nn1-c1ccc(F)cc1. The maximum absolute atomic E-state index is 13.1. The van der Waals surface area contributed by atoms with Gasteiger partial charge in [0.1, 0.15) is 11.6 Å². The Bertz CT molecular complexity index is 1140. The second-order valence-electron chi connectivity index (χ2n) is 6.58. The number of hydrogen-bond donors (Lipinski definition) is 1. The van der Waals surface area contributed by atoms with E-state index in [1.54, 1.807) is 45.2 Å². The standard InChI is InChI=1S/C19H20FN5O3S/c1-12(14-4-10-17(11-5-14)29(21,27)28)24(3)19(26)18-22-13(2)25(23-18)16-8-6-15(20)7-9-16/h4-12H,1-3H3,(H2,21,27,28)/t12-/m0/s1. The first-order valence-electron chi connectivity index (χ1n) is 8.67. The number of nitrogens with two attached hydrogens (primary N) is 1. The monoisotopic (exact) mass is 417 g/mol. The van der Waals surface area contributed by atoms with Crippen LogP contribution < -0.4 is 5.14 Å². The number of amides is 1. The normalized spacial score (nSPS) is 12.6. The maximum atomic E-state index is 13.1. The van der Waals surface area contributed by atoms with E-state index in [4.69, 9.17) is 5.14 Å². The van der Waals surface area contributed by atoms with Crippen molar-refractivity contribution in [2.75, 3.05) is 7.05 Å². The van der Waals surface area contributed by atoms with Crippen LogP contribution in [-0.4, -0.2) is 41.0 Å². The molecular weight excluding hydrogens is 397 g/mol. The minimum atomic E-state index is -3.78. The van der Waals surface area contributed by atoms with Crippen LogP contribution >= 0.6 is 0 Å². The third-order valence-corrected chi connectivity index (χ3v) is 5.55. The van der Waals surface area contributed by atoms with Gasteiger partial charge in [0.2, 0.25) is 15.8 Å². The van der Waals surface area contributed by atoms with Gasteiger partial charge in [-0.2, -0.15) is 0 Å². The number of aryl methyl sites for hydroxylation is 1. The second-order valence-corrected chi connectivity index (χ2v) is 8.14. The molecule has 29 heavy (non-hydrogen) atoms. The average molecular weight is 417 g/mol. The Kier molecular flexibility index (Phi) is 5.49. The van der Waals surface area contributed by atoms with Crippen LogP contribution in [0.15, 0.2) is 53.4 Å². The van der Waals surface area contributed by atoms with Crippen molar-refractivity contribution in [3.8, 4) is 5.69 Å². The minimum absolute atomic E-state index is 0.00207. The Labute approximate surface area is 167 Å². The molecule has 2 aromatic carbocycles. The molecule has 0 unspecified atom stereocenters. The van der Waals surface area contributed by atoms with E-state index in [-0.39, 0.29) is 22.6 Å². The highest BCUT2D eigenvalue weighted by atomic mass is 32.2. The molecule has 0 aliphatic carbocycles. The Morgan fingerprint density at radius 2 is 1.72 bits per heavy atom. The van der Waals surface area contributed by atoms with E-state index in [0.29, 0.717) is 11.5 Å². The second kappa shape index (κ2) is 7.72. The number of carbonyl (C=O) groups is 1. The molecular formula is C19H20FN5O3S. The van der Waals surface area contributed by atoms with Crippen LogP contribution in [0.4, 0.5) is 4.39 Å². The number of aromatic nitrogens is 3. The Balaban J connectivity index is 1.83. The van der Waals surface area contributed by atoms with Crippen LogP contribution in [0.2, 0.25) is 0 Å². The van der Waals surface area contributed by atoms with Crippen molar-refractivity contribution in [1.29, 1.82) is 0 Å². The molecule has 0 saturated carbocycles. The van der Waals surface area contributed by atoms with E-state index in [9.17, 15) is 17.6 Å². The molecule has 3 rings (SSSR count). The summed E-state index contributed by atoms with van der Waals surface area (Å²) >= 11 is 0.